The summed E-state index contributed by atoms with van der Waals surface area (Å²) in [6, 6.07) is 1.80. The molecule has 1 aromatic heterocycles. The van der Waals surface area contributed by atoms with Crippen molar-refractivity contribution < 1.29 is 17.9 Å². The first-order chi connectivity index (χ1) is 12.1. The molecule has 1 saturated heterocycles. The molecule has 3 rings (SSSR count). The number of piperazine rings is 1. The van der Waals surface area contributed by atoms with Crippen LogP contribution in [0.2, 0.25) is 0 Å². The molecule has 2 aromatic rings. The highest BCUT2D eigenvalue weighted by molar-refractivity contribution is 5.36. The largest absolute Gasteiger partial charge is 0.489 e. The lowest BCUT2D eigenvalue weighted by atomic mass is 10.3. The van der Waals surface area contributed by atoms with Crippen molar-refractivity contribution in [2.24, 2.45) is 0 Å². The van der Waals surface area contributed by atoms with Crippen LogP contribution in [0.4, 0.5) is 19.0 Å². The molecular weight excluding hydrogens is 337 g/mol. The summed E-state index contributed by atoms with van der Waals surface area (Å²) in [5.74, 6) is -4.30. The van der Waals surface area contributed by atoms with Crippen molar-refractivity contribution in [1.29, 1.82) is 0 Å². The number of nitrogens with one attached hydrogen (secondary N) is 1. The lowest BCUT2D eigenvalue weighted by Gasteiger charge is -2.27. The van der Waals surface area contributed by atoms with Gasteiger partial charge in [-0.1, -0.05) is 0 Å². The minimum Gasteiger partial charge on any atom is -0.489 e. The number of anilines is 1. The van der Waals surface area contributed by atoms with Crippen LogP contribution in [0.1, 0.15) is 0 Å². The number of hydrogen-bond donors (Lipinski definition) is 1. The maximum Gasteiger partial charge on any atom is 0.293 e. The molecule has 1 aliphatic rings. The summed E-state index contributed by atoms with van der Waals surface area (Å²) in [5, 5.41) is 3.19. The smallest absolute Gasteiger partial charge is 0.293 e. The van der Waals surface area contributed by atoms with Crippen LogP contribution in [0.15, 0.2) is 29.3 Å². The van der Waals surface area contributed by atoms with E-state index in [0.29, 0.717) is 18.9 Å². The van der Waals surface area contributed by atoms with E-state index >= 15 is 0 Å². The first-order valence-corrected chi connectivity index (χ1v) is 7.85. The molecule has 1 aliphatic heterocycles. The standard InChI is InChI=1S/C16H17F3N4O2/c17-11-1-2-12(14(19)13(11)18)25-10-9-23-8-5-21-15(16(23)24)22-6-3-20-4-7-22/h1-2,5,8,20H,3-4,6-7,9-10H2. The Hall–Kier alpha value is -2.55. The Labute approximate surface area is 141 Å². The second-order valence-corrected chi connectivity index (χ2v) is 5.51. The van der Waals surface area contributed by atoms with Crippen LogP contribution < -0.4 is 20.5 Å². The summed E-state index contributed by atoms with van der Waals surface area (Å²) in [4.78, 5) is 18.5. The van der Waals surface area contributed by atoms with E-state index in [1.807, 2.05) is 4.90 Å². The summed E-state index contributed by atoms with van der Waals surface area (Å²) < 4.78 is 46.1. The van der Waals surface area contributed by atoms with Gasteiger partial charge in [-0.25, -0.2) is 13.8 Å². The van der Waals surface area contributed by atoms with E-state index in [0.717, 1.165) is 25.2 Å². The van der Waals surface area contributed by atoms with Gasteiger partial charge in [0.05, 0.1) is 6.54 Å². The number of rotatable bonds is 5. The highest BCUT2D eigenvalue weighted by atomic mass is 19.2. The van der Waals surface area contributed by atoms with E-state index in [-0.39, 0.29) is 18.7 Å². The van der Waals surface area contributed by atoms with E-state index < -0.39 is 23.2 Å². The van der Waals surface area contributed by atoms with Gasteiger partial charge in [0, 0.05) is 38.6 Å². The number of benzene rings is 1. The molecule has 134 valence electrons. The molecule has 0 bridgehead atoms. The molecule has 6 nitrogen and oxygen atoms in total. The molecule has 0 unspecified atom stereocenters. The van der Waals surface area contributed by atoms with Gasteiger partial charge >= 0.3 is 0 Å². The molecule has 0 aliphatic carbocycles. The van der Waals surface area contributed by atoms with Gasteiger partial charge in [-0.3, -0.25) is 4.79 Å². The Morgan fingerprint density at radius 1 is 1.16 bits per heavy atom. The van der Waals surface area contributed by atoms with Gasteiger partial charge in [-0.15, -0.1) is 0 Å². The maximum atomic E-state index is 13.5. The Bertz CT molecular complexity index is 806. The average Bonchev–Trinajstić information content (AvgIpc) is 2.64. The number of aromatic nitrogens is 2. The second-order valence-electron chi connectivity index (χ2n) is 5.51. The zero-order chi connectivity index (χ0) is 17.8. The second kappa shape index (κ2) is 7.56. The molecule has 0 saturated carbocycles. The lowest BCUT2D eigenvalue weighted by molar-refractivity contribution is 0.275. The van der Waals surface area contributed by atoms with E-state index in [2.05, 4.69) is 10.3 Å². The third-order valence-corrected chi connectivity index (χ3v) is 3.90. The molecule has 0 atom stereocenters. The van der Waals surface area contributed by atoms with Gasteiger partial charge in [0.25, 0.3) is 5.56 Å². The van der Waals surface area contributed by atoms with Crippen LogP contribution in [0.5, 0.6) is 5.75 Å². The Morgan fingerprint density at radius 3 is 2.68 bits per heavy atom. The van der Waals surface area contributed by atoms with E-state index in [1.54, 1.807) is 0 Å². The summed E-state index contributed by atoms with van der Waals surface area (Å²) in [6.45, 7) is 2.96. The SMILES string of the molecule is O=c1c(N2CCNCC2)nccn1CCOc1ccc(F)c(F)c1F. The highest BCUT2D eigenvalue weighted by Gasteiger charge is 2.17. The third-order valence-electron chi connectivity index (χ3n) is 3.90. The molecule has 0 spiro atoms. The maximum absolute atomic E-state index is 13.5. The van der Waals surface area contributed by atoms with Gasteiger partial charge in [0.1, 0.15) is 6.61 Å². The molecule has 0 radical (unpaired) electrons. The topological polar surface area (TPSA) is 59.4 Å². The Morgan fingerprint density at radius 2 is 1.92 bits per heavy atom. The van der Waals surface area contributed by atoms with Gasteiger partial charge in [0.15, 0.2) is 23.2 Å². The van der Waals surface area contributed by atoms with Crippen LogP contribution in [-0.2, 0) is 6.54 Å². The summed E-state index contributed by atoms with van der Waals surface area (Å²) in [5.41, 5.74) is -0.279. The molecule has 2 heterocycles. The van der Waals surface area contributed by atoms with Crippen LogP contribution in [0.3, 0.4) is 0 Å². The zero-order valence-corrected chi connectivity index (χ0v) is 13.3. The number of halogens is 3. The minimum absolute atomic E-state index is 0.0765. The predicted molar refractivity (Wildman–Crippen MR) is 85.4 cm³/mol. The first-order valence-electron chi connectivity index (χ1n) is 7.85. The fraction of sp³-hybridized carbons (Fsp3) is 0.375. The number of nitrogens with zero attached hydrogens (tertiary/aromatic N) is 3. The van der Waals surface area contributed by atoms with Crippen LogP contribution in [0, 0.1) is 17.5 Å². The zero-order valence-electron chi connectivity index (χ0n) is 13.3. The molecule has 0 amide bonds. The molecule has 1 N–H and O–H groups in total. The lowest BCUT2D eigenvalue weighted by Crippen LogP contribution is -2.46. The fourth-order valence-corrected chi connectivity index (χ4v) is 2.58. The van der Waals surface area contributed by atoms with Gasteiger partial charge in [-0.05, 0) is 12.1 Å². The van der Waals surface area contributed by atoms with Crippen molar-refractivity contribution in [3.05, 3.63) is 52.3 Å². The van der Waals surface area contributed by atoms with Crippen molar-refractivity contribution >= 4 is 5.82 Å². The molecule has 1 fully saturated rings. The monoisotopic (exact) mass is 354 g/mol. The summed E-state index contributed by atoms with van der Waals surface area (Å²) >= 11 is 0. The van der Waals surface area contributed by atoms with Gasteiger partial charge < -0.3 is 19.5 Å². The van der Waals surface area contributed by atoms with Crippen molar-refractivity contribution in [3.8, 4) is 5.75 Å². The van der Waals surface area contributed by atoms with E-state index in [9.17, 15) is 18.0 Å². The fourth-order valence-electron chi connectivity index (χ4n) is 2.58. The van der Waals surface area contributed by atoms with Gasteiger partial charge in [-0.2, -0.15) is 4.39 Å². The van der Waals surface area contributed by atoms with Crippen molar-refractivity contribution in [2.45, 2.75) is 6.54 Å². The number of hydrogen-bond acceptors (Lipinski definition) is 5. The molecular formula is C16H17F3N4O2. The van der Waals surface area contributed by atoms with Crippen molar-refractivity contribution in [3.63, 3.8) is 0 Å². The normalized spacial score (nSPS) is 14.6. The molecule has 9 heteroatoms. The number of ether oxygens (including phenoxy) is 1. The summed E-state index contributed by atoms with van der Waals surface area (Å²) in [7, 11) is 0. The minimum atomic E-state index is -1.58. The van der Waals surface area contributed by atoms with Crippen LogP contribution in [-0.4, -0.2) is 42.3 Å². The van der Waals surface area contributed by atoms with E-state index in [1.165, 1.54) is 17.0 Å². The molecule has 25 heavy (non-hydrogen) atoms. The van der Waals surface area contributed by atoms with Crippen LogP contribution in [0.25, 0.3) is 0 Å². The molecule has 1 aromatic carbocycles. The quantitative estimate of drug-likeness (QED) is 0.817. The van der Waals surface area contributed by atoms with Crippen molar-refractivity contribution in [1.82, 2.24) is 14.9 Å². The van der Waals surface area contributed by atoms with Gasteiger partial charge in [0.2, 0.25) is 5.82 Å². The van der Waals surface area contributed by atoms with E-state index in [4.69, 9.17) is 4.74 Å². The highest BCUT2D eigenvalue weighted by Crippen LogP contribution is 2.21. The third kappa shape index (κ3) is 3.76. The Kier molecular flexibility index (Phi) is 5.22. The first kappa shape index (κ1) is 17.3. The van der Waals surface area contributed by atoms with Crippen molar-refractivity contribution in [2.75, 3.05) is 37.7 Å². The predicted octanol–water partition coefficient (Wildman–Crippen LogP) is 1.15. The summed E-state index contributed by atoms with van der Waals surface area (Å²) in [6.07, 6.45) is 3.01. The van der Waals surface area contributed by atoms with Crippen LogP contribution >= 0.6 is 0 Å². The average molecular weight is 354 g/mol. The Balaban J connectivity index is 1.68.